The highest BCUT2D eigenvalue weighted by atomic mass is 16.6. The van der Waals surface area contributed by atoms with Crippen molar-refractivity contribution in [2.45, 2.75) is 45.4 Å². The molecule has 8 nitrogen and oxygen atoms in total. The van der Waals surface area contributed by atoms with Crippen molar-refractivity contribution in [2.75, 3.05) is 6.61 Å². The number of benzene rings is 3. The fourth-order valence-corrected chi connectivity index (χ4v) is 3.51. The molecule has 0 aliphatic rings. The molecule has 8 heteroatoms. The second-order valence-corrected chi connectivity index (χ2v) is 7.93. The first-order valence-electron chi connectivity index (χ1n) is 11.4. The average Bonchev–Trinajstić information content (AvgIpc) is 2.84. The fourth-order valence-electron chi connectivity index (χ4n) is 3.51. The zero-order valence-electron chi connectivity index (χ0n) is 19.1. The van der Waals surface area contributed by atoms with E-state index in [1.165, 1.54) is 44.2 Å². The highest BCUT2D eigenvalue weighted by Crippen LogP contribution is 2.35. The van der Waals surface area contributed by atoms with Crippen LogP contribution >= 0.6 is 0 Å². The van der Waals surface area contributed by atoms with Gasteiger partial charge < -0.3 is 9.47 Å². The second kappa shape index (κ2) is 12.3. The first-order valence-corrected chi connectivity index (χ1v) is 11.4. The van der Waals surface area contributed by atoms with Gasteiger partial charge in [-0.1, -0.05) is 63.3 Å². The van der Waals surface area contributed by atoms with Gasteiger partial charge in [-0.05, 0) is 47.9 Å². The summed E-state index contributed by atoms with van der Waals surface area (Å²) in [5, 5.41) is 22.2. The molecule has 0 fully saturated rings. The second-order valence-electron chi connectivity index (χ2n) is 7.93. The lowest BCUT2D eigenvalue weighted by Crippen LogP contribution is -1.97. The summed E-state index contributed by atoms with van der Waals surface area (Å²) in [4.78, 5) is 20.8. The van der Waals surface area contributed by atoms with Crippen LogP contribution in [0.15, 0.2) is 66.7 Å². The Hall–Kier alpha value is -3.94. The Bertz CT molecular complexity index is 1100. The van der Waals surface area contributed by atoms with Crippen molar-refractivity contribution in [3.63, 3.8) is 0 Å². The number of non-ortho nitro benzene ring substituents is 1. The number of ether oxygens (including phenoxy) is 2. The van der Waals surface area contributed by atoms with Crippen LogP contribution in [0.25, 0.3) is 11.1 Å². The first kappa shape index (κ1) is 24.7. The molecule has 178 valence electrons. The number of rotatable bonds is 13. The van der Waals surface area contributed by atoms with Crippen molar-refractivity contribution in [1.82, 2.24) is 0 Å². The van der Waals surface area contributed by atoms with Crippen molar-refractivity contribution < 1.29 is 19.3 Å². The fraction of sp³-hybridized carbons (Fsp3) is 0.308. The molecule has 0 aliphatic carbocycles. The van der Waals surface area contributed by atoms with Gasteiger partial charge in [0.1, 0.15) is 11.5 Å². The Morgan fingerprint density at radius 2 is 1.29 bits per heavy atom. The minimum atomic E-state index is -0.702. The maximum atomic E-state index is 11.3. The summed E-state index contributed by atoms with van der Waals surface area (Å²) in [5.74, 6) is 1.16. The van der Waals surface area contributed by atoms with Crippen LogP contribution in [0.4, 0.5) is 11.4 Å². The SMILES string of the molecule is CCCCCCCCOc1ccc(-c2ccc(Oc3ccc([N+](=O)[O-])cc3[N+](=O)[O-])cc2)cc1. The van der Waals surface area contributed by atoms with E-state index in [2.05, 4.69) is 6.92 Å². The van der Waals surface area contributed by atoms with Gasteiger partial charge in [0.25, 0.3) is 5.69 Å². The summed E-state index contributed by atoms with van der Waals surface area (Å²) in [6, 6.07) is 18.2. The van der Waals surface area contributed by atoms with E-state index >= 15 is 0 Å². The molecule has 34 heavy (non-hydrogen) atoms. The molecule has 0 radical (unpaired) electrons. The Kier molecular flexibility index (Phi) is 8.96. The highest BCUT2D eigenvalue weighted by molar-refractivity contribution is 5.65. The number of hydrogen-bond acceptors (Lipinski definition) is 6. The zero-order chi connectivity index (χ0) is 24.3. The molecule has 0 atom stereocenters. The van der Waals surface area contributed by atoms with Crippen molar-refractivity contribution in [2.24, 2.45) is 0 Å². The summed E-state index contributed by atoms with van der Waals surface area (Å²) in [6.07, 6.45) is 7.34. The minimum absolute atomic E-state index is 0.0600. The van der Waals surface area contributed by atoms with Crippen LogP contribution in [-0.4, -0.2) is 16.5 Å². The standard InChI is InChI=1S/C26H28N2O6/c1-2-3-4-5-6-7-18-33-23-13-8-20(9-14-23)21-10-15-24(16-11-21)34-26-17-12-22(27(29)30)19-25(26)28(31)32/h8-17,19H,2-7,18H2,1H3. The molecule has 0 amide bonds. The van der Waals surface area contributed by atoms with Crippen molar-refractivity contribution in [1.29, 1.82) is 0 Å². The quantitative estimate of drug-likeness (QED) is 0.146. The monoisotopic (exact) mass is 464 g/mol. The Labute approximate surface area is 198 Å². The summed E-state index contributed by atoms with van der Waals surface area (Å²) >= 11 is 0. The molecule has 3 rings (SSSR count). The number of hydrogen-bond donors (Lipinski definition) is 0. The van der Waals surface area contributed by atoms with Crippen molar-refractivity contribution in [3.05, 3.63) is 87.0 Å². The minimum Gasteiger partial charge on any atom is -0.494 e. The van der Waals surface area contributed by atoms with Gasteiger partial charge in [-0.3, -0.25) is 20.2 Å². The van der Waals surface area contributed by atoms with Crippen LogP contribution in [-0.2, 0) is 0 Å². The van der Waals surface area contributed by atoms with E-state index in [1.54, 1.807) is 12.1 Å². The predicted octanol–water partition coefficient (Wildman–Crippen LogP) is 7.70. The third kappa shape index (κ3) is 7.03. The van der Waals surface area contributed by atoms with Gasteiger partial charge in [-0.15, -0.1) is 0 Å². The molecule has 3 aromatic rings. The van der Waals surface area contributed by atoms with Crippen LogP contribution in [0.5, 0.6) is 17.2 Å². The predicted molar refractivity (Wildman–Crippen MR) is 131 cm³/mol. The molecular weight excluding hydrogens is 436 g/mol. The molecule has 0 spiro atoms. The number of nitrogens with zero attached hydrogens (tertiary/aromatic N) is 2. The molecule has 3 aromatic carbocycles. The van der Waals surface area contributed by atoms with Crippen LogP contribution in [0, 0.1) is 20.2 Å². The van der Waals surface area contributed by atoms with Gasteiger partial charge >= 0.3 is 5.69 Å². The lowest BCUT2D eigenvalue weighted by molar-refractivity contribution is -0.394. The van der Waals surface area contributed by atoms with Gasteiger partial charge in [-0.2, -0.15) is 0 Å². The summed E-state index contributed by atoms with van der Waals surface area (Å²) in [7, 11) is 0. The molecule has 0 saturated carbocycles. The number of nitro groups is 2. The molecule has 0 heterocycles. The van der Waals surface area contributed by atoms with Gasteiger partial charge in [-0.25, -0.2) is 0 Å². The van der Waals surface area contributed by atoms with Crippen LogP contribution in [0.3, 0.4) is 0 Å². The van der Waals surface area contributed by atoms with Gasteiger partial charge in [0.05, 0.1) is 22.5 Å². The molecule has 0 unspecified atom stereocenters. The first-order chi connectivity index (χ1) is 16.5. The van der Waals surface area contributed by atoms with Crippen LogP contribution < -0.4 is 9.47 Å². The highest BCUT2D eigenvalue weighted by Gasteiger charge is 2.21. The average molecular weight is 465 g/mol. The molecule has 0 aliphatic heterocycles. The van der Waals surface area contributed by atoms with Gasteiger partial charge in [0, 0.05) is 6.07 Å². The van der Waals surface area contributed by atoms with Crippen LogP contribution in [0.1, 0.15) is 45.4 Å². The molecule has 0 N–H and O–H groups in total. The normalized spacial score (nSPS) is 10.6. The van der Waals surface area contributed by atoms with E-state index in [1.807, 2.05) is 36.4 Å². The number of unbranched alkanes of at least 4 members (excludes halogenated alkanes) is 5. The summed E-state index contributed by atoms with van der Waals surface area (Å²) in [6.45, 7) is 2.93. The van der Waals surface area contributed by atoms with Gasteiger partial charge in [0.2, 0.25) is 5.75 Å². The van der Waals surface area contributed by atoms with E-state index in [4.69, 9.17) is 9.47 Å². The Morgan fingerprint density at radius 3 is 1.88 bits per heavy atom. The van der Waals surface area contributed by atoms with E-state index < -0.39 is 15.5 Å². The maximum Gasteiger partial charge on any atom is 0.318 e. The third-order valence-corrected chi connectivity index (χ3v) is 5.39. The van der Waals surface area contributed by atoms with E-state index in [0.717, 1.165) is 29.4 Å². The topological polar surface area (TPSA) is 105 Å². The van der Waals surface area contributed by atoms with Crippen molar-refractivity contribution in [3.8, 4) is 28.4 Å². The van der Waals surface area contributed by atoms with E-state index in [9.17, 15) is 20.2 Å². The van der Waals surface area contributed by atoms with Crippen LogP contribution in [0.2, 0.25) is 0 Å². The molecule has 0 saturated heterocycles. The number of nitro benzene ring substituents is 2. The lowest BCUT2D eigenvalue weighted by Gasteiger charge is -2.09. The lowest BCUT2D eigenvalue weighted by atomic mass is 10.1. The Morgan fingerprint density at radius 1 is 0.706 bits per heavy atom. The van der Waals surface area contributed by atoms with Gasteiger partial charge in [0.15, 0.2) is 0 Å². The summed E-state index contributed by atoms with van der Waals surface area (Å²) < 4.78 is 11.4. The van der Waals surface area contributed by atoms with E-state index in [0.29, 0.717) is 12.4 Å². The molecule has 0 aromatic heterocycles. The smallest absolute Gasteiger partial charge is 0.318 e. The Balaban J connectivity index is 1.57. The third-order valence-electron chi connectivity index (χ3n) is 5.39. The molecule has 0 bridgehead atoms. The summed E-state index contributed by atoms with van der Waals surface area (Å²) in [5.41, 5.74) is 1.12. The maximum absolute atomic E-state index is 11.3. The zero-order valence-corrected chi connectivity index (χ0v) is 19.1. The largest absolute Gasteiger partial charge is 0.494 e. The molecular formula is C26H28N2O6. The van der Waals surface area contributed by atoms with Crippen molar-refractivity contribution >= 4 is 11.4 Å². The van der Waals surface area contributed by atoms with E-state index in [-0.39, 0.29) is 11.4 Å².